The maximum Gasteiger partial charge on any atom is 0.247 e. The van der Waals surface area contributed by atoms with Crippen LogP contribution in [0.15, 0.2) is 48.8 Å². The molecular weight excluding hydrogens is 352 g/mol. The van der Waals surface area contributed by atoms with E-state index < -0.39 is 0 Å². The number of pyridine rings is 1. The first-order chi connectivity index (χ1) is 13.4. The second-order valence-electron chi connectivity index (χ2n) is 7.37. The summed E-state index contributed by atoms with van der Waals surface area (Å²) in [4.78, 5) is 18.7. The van der Waals surface area contributed by atoms with Crippen molar-refractivity contribution in [2.45, 2.75) is 40.3 Å². The first-order valence-corrected chi connectivity index (χ1v) is 9.59. The molecule has 1 aromatic carbocycles. The highest BCUT2D eigenvalue weighted by molar-refractivity contribution is 5.92. The molecule has 5 heteroatoms. The van der Waals surface area contributed by atoms with Gasteiger partial charge in [-0.15, -0.1) is 0 Å². The zero-order valence-corrected chi connectivity index (χ0v) is 17.4. The Morgan fingerprint density at radius 1 is 1.18 bits per heavy atom. The minimum absolute atomic E-state index is 0.0436. The van der Waals surface area contributed by atoms with E-state index in [1.165, 1.54) is 0 Å². The van der Waals surface area contributed by atoms with Crippen LogP contribution in [0.5, 0.6) is 11.5 Å². The number of ether oxygens (including phenoxy) is 2. The third kappa shape index (κ3) is 6.41. The zero-order chi connectivity index (χ0) is 20.5. The summed E-state index contributed by atoms with van der Waals surface area (Å²) in [6, 6.07) is 9.60. The van der Waals surface area contributed by atoms with Crippen LogP contribution in [0.3, 0.4) is 0 Å². The Kier molecular flexibility index (Phi) is 8.05. The van der Waals surface area contributed by atoms with Crippen LogP contribution in [0.25, 0.3) is 6.08 Å². The molecule has 0 atom stereocenters. The van der Waals surface area contributed by atoms with Gasteiger partial charge in [-0.25, -0.2) is 0 Å². The molecule has 0 saturated heterocycles. The van der Waals surface area contributed by atoms with E-state index in [2.05, 4.69) is 18.8 Å². The molecule has 1 amide bonds. The number of hydrogen-bond acceptors (Lipinski definition) is 4. The van der Waals surface area contributed by atoms with Gasteiger partial charge in [0.1, 0.15) is 0 Å². The van der Waals surface area contributed by atoms with Crippen LogP contribution in [0.2, 0.25) is 0 Å². The van der Waals surface area contributed by atoms with Gasteiger partial charge in [-0.2, -0.15) is 0 Å². The highest BCUT2D eigenvalue weighted by Gasteiger charge is 2.15. The topological polar surface area (TPSA) is 51.7 Å². The SMILES string of the molecule is COc1cc(C=CC(=O)N(Cc2cccnc2)C(C)C)ccc1OCC(C)C. The molecule has 0 saturated carbocycles. The number of carbonyl (C=O) groups excluding carboxylic acids is 1. The average Bonchev–Trinajstić information content (AvgIpc) is 2.69. The lowest BCUT2D eigenvalue weighted by Crippen LogP contribution is -2.35. The maximum atomic E-state index is 12.7. The number of nitrogens with zero attached hydrogens (tertiary/aromatic N) is 2. The van der Waals surface area contributed by atoms with Gasteiger partial charge in [0.05, 0.1) is 13.7 Å². The number of benzene rings is 1. The van der Waals surface area contributed by atoms with Crippen LogP contribution < -0.4 is 9.47 Å². The molecule has 1 aromatic heterocycles. The molecule has 5 nitrogen and oxygen atoms in total. The second kappa shape index (κ2) is 10.5. The molecule has 0 unspecified atom stereocenters. The van der Waals surface area contributed by atoms with Crippen molar-refractivity contribution in [2.24, 2.45) is 5.92 Å². The van der Waals surface area contributed by atoms with Crippen LogP contribution >= 0.6 is 0 Å². The first-order valence-electron chi connectivity index (χ1n) is 9.59. The molecule has 0 spiro atoms. The van der Waals surface area contributed by atoms with Crippen molar-refractivity contribution >= 4 is 12.0 Å². The van der Waals surface area contributed by atoms with Crippen LogP contribution in [0.1, 0.15) is 38.8 Å². The average molecular weight is 383 g/mol. The Hall–Kier alpha value is -2.82. The molecule has 0 bridgehead atoms. The molecule has 2 aromatic rings. The van der Waals surface area contributed by atoms with Gasteiger partial charge in [-0.3, -0.25) is 9.78 Å². The fourth-order valence-corrected chi connectivity index (χ4v) is 2.63. The van der Waals surface area contributed by atoms with Crippen LogP contribution in [0, 0.1) is 5.92 Å². The molecule has 150 valence electrons. The zero-order valence-electron chi connectivity index (χ0n) is 17.4. The van der Waals surface area contributed by atoms with E-state index >= 15 is 0 Å². The number of hydrogen-bond donors (Lipinski definition) is 0. The molecule has 0 aliphatic heterocycles. The summed E-state index contributed by atoms with van der Waals surface area (Å²) in [7, 11) is 1.62. The molecule has 0 N–H and O–H groups in total. The van der Waals surface area contributed by atoms with Gasteiger partial charge in [-0.05, 0) is 55.2 Å². The molecule has 0 radical (unpaired) electrons. The lowest BCUT2D eigenvalue weighted by Gasteiger charge is -2.25. The molecule has 0 aliphatic rings. The third-order valence-corrected chi connectivity index (χ3v) is 4.16. The van der Waals surface area contributed by atoms with Crippen LogP contribution in [0.4, 0.5) is 0 Å². The molecule has 2 rings (SSSR count). The Labute approximate surface area is 168 Å². The number of amides is 1. The van der Waals surface area contributed by atoms with Gasteiger partial charge in [0, 0.05) is 31.1 Å². The number of methoxy groups -OCH3 is 1. The number of aromatic nitrogens is 1. The first kappa shape index (κ1) is 21.5. The van der Waals surface area contributed by atoms with Crippen molar-refractivity contribution in [3.8, 4) is 11.5 Å². The van der Waals surface area contributed by atoms with Crippen LogP contribution in [-0.4, -0.2) is 35.5 Å². The Morgan fingerprint density at radius 2 is 1.96 bits per heavy atom. The minimum atomic E-state index is -0.0436. The van der Waals surface area contributed by atoms with Crippen molar-refractivity contribution in [3.63, 3.8) is 0 Å². The largest absolute Gasteiger partial charge is 0.493 e. The van der Waals surface area contributed by atoms with Crippen molar-refractivity contribution in [1.29, 1.82) is 0 Å². The second-order valence-corrected chi connectivity index (χ2v) is 7.37. The van der Waals surface area contributed by atoms with Crippen LogP contribution in [-0.2, 0) is 11.3 Å². The van der Waals surface area contributed by atoms with E-state index in [1.807, 2.05) is 49.1 Å². The summed E-state index contributed by atoms with van der Waals surface area (Å²) in [5.74, 6) is 1.76. The van der Waals surface area contributed by atoms with Crippen molar-refractivity contribution in [1.82, 2.24) is 9.88 Å². The van der Waals surface area contributed by atoms with E-state index in [9.17, 15) is 4.79 Å². The molecule has 0 fully saturated rings. The maximum absolute atomic E-state index is 12.7. The van der Waals surface area contributed by atoms with E-state index in [0.717, 1.165) is 11.1 Å². The summed E-state index contributed by atoms with van der Waals surface area (Å²) in [5.41, 5.74) is 1.89. The van der Waals surface area contributed by atoms with Gasteiger partial charge < -0.3 is 14.4 Å². The van der Waals surface area contributed by atoms with E-state index in [1.54, 1.807) is 31.7 Å². The predicted octanol–water partition coefficient (Wildman–Crippen LogP) is 4.58. The summed E-state index contributed by atoms with van der Waals surface area (Å²) in [6.07, 6.45) is 6.91. The van der Waals surface area contributed by atoms with Gasteiger partial charge in [-0.1, -0.05) is 26.0 Å². The highest BCUT2D eigenvalue weighted by Crippen LogP contribution is 2.29. The summed E-state index contributed by atoms with van der Waals surface area (Å²) < 4.78 is 11.2. The van der Waals surface area contributed by atoms with Gasteiger partial charge in [0.2, 0.25) is 5.91 Å². The fourth-order valence-electron chi connectivity index (χ4n) is 2.63. The minimum Gasteiger partial charge on any atom is -0.493 e. The van der Waals surface area contributed by atoms with Crippen molar-refractivity contribution in [3.05, 3.63) is 59.9 Å². The fraction of sp³-hybridized carbons (Fsp3) is 0.391. The van der Waals surface area contributed by atoms with Gasteiger partial charge in [0.15, 0.2) is 11.5 Å². The van der Waals surface area contributed by atoms with Crippen molar-refractivity contribution < 1.29 is 14.3 Å². The highest BCUT2D eigenvalue weighted by atomic mass is 16.5. The molecular formula is C23H30N2O3. The summed E-state index contributed by atoms with van der Waals surface area (Å²) in [6.45, 7) is 9.36. The van der Waals surface area contributed by atoms with Gasteiger partial charge in [0.25, 0.3) is 0 Å². The van der Waals surface area contributed by atoms with E-state index in [4.69, 9.17) is 9.47 Å². The lowest BCUT2D eigenvalue weighted by atomic mass is 10.1. The lowest BCUT2D eigenvalue weighted by molar-refractivity contribution is -0.128. The summed E-state index contributed by atoms with van der Waals surface area (Å²) in [5, 5.41) is 0. The quantitative estimate of drug-likeness (QED) is 0.596. The predicted molar refractivity (Wildman–Crippen MR) is 112 cm³/mol. The molecule has 1 heterocycles. The normalized spacial score (nSPS) is 11.2. The number of carbonyl (C=O) groups is 1. The smallest absolute Gasteiger partial charge is 0.247 e. The summed E-state index contributed by atoms with van der Waals surface area (Å²) >= 11 is 0. The molecule has 28 heavy (non-hydrogen) atoms. The van der Waals surface area contributed by atoms with E-state index in [0.29, 0.717) is 30.6 Å². The van der Waals surface area contributed by atoms with Crippen molar-refractivity contribution in [2.75, 3.05) is 13.7 Å². The monoisotopic (exact) mass is 382 g/mol. The van der Waals surface area contributed by atoms with E-state index in [-0.39, 0.29) is 11.9 Å². The Bertz CT molecular complexity index is 786. The Morgan fingerprint density at radius 3 is 2.57 bits per heavy atom. The standard InChI is InChI=1S/C23H30N2O3/c1-17(2)16-28-21-10-8-19(13-22(21)27-5)9-11-23(26)25(18(3)4)15-20-7-6-12-24-14-20/h6-14,17-18H,15-16H2,1-5H3. The van der Waals surface area contributed by atoms with Gasteiger partial charge >= 0.3 is 0 Å². The Balaban J connectivity index is 2.10. The molecule has 0 aliphatic carbocycles. The third-order valence-electron chi connectivity index (χ3n) is 4.16. The number of rotatable bonds is 9.